The molecule has 2 N–H and O–H groups in total. The monoisotopic (exact) mass is 570 g/mol. The van der Waals surface area contributed by atoms with Crippen molar-refractivity contribution in [3.63, 3.8) is 0 Å². The summed E-state index contributed by atoms with van der Waals surface area (Å²) >= 11 is 0. The van der Waals surface area contributed by atoms with Gasteiger partial charge in [0.15, 0.2) is 0 Å². The van der Waals surface area contributed by atoms with E-state index in [2.05, 4.69) is 27.2 Å². The van der Waals surface area contributed by atoms with Crippen LogP contribution in [0.15, 0.2) is 106 Å². The van der Waals surface area contributed by atoms with Crippen molar-refractivity contribution in [1.82, 2.24) is 0 Å². The quantitative estimate of drug-likeness (QED) is 0.0978. The average Bonchev–Trinajstić information content (AvgIpc) is 3.00. The number of benzene rings is 4. The molecule has 0 aliphatic rings. The Balaban J connectivity index is 1.32. The minimum atomic E-state index is -3.78. The summed E-state index contributed by atoms with van der Waals surface area (Å²) in [5, 5.41) is 13.8. The molecule has 0 radical (unpaired) electrons. The van der Waals surface area contributed by atoms with Crippen LogP contribution in [-0.2, 0) is 10.0 Å². The van der Waals surface area contributed by atoms with E-state index in [9.17, 15) is 8.42 Å². The van der Waals surface area contributed by atoms with Crippen molar-refractivity contribution in [3.8, 4) is 0 Å². The number of unbranched alkanes of at least 4 members (excludes halogenated alkanes) is 9. The van der Waals surface area contributed by atoms with Gasteiger partial charge < -0.3 is 5.32 Å². The molecule has 4 rings (SSSR count). The zero-order valence-corrected chi connectivity index (χ0v) is 24.9. The lowest BCUT2D eigenvalue weighted by Crippen LogP contribution is -2.13. The standard InChI is InChI=1S/C34H42N4O2S/c1-2-3-4-5-6-7-8-9-10-16-27-35-33-25-26-34(32-20-15-14-19-31(32)33)38-41(39,40)30-23-21-29(22-24-30)37-36-28-17-12-11-13-18-28/h11-15,17-26,35,38H,2-10,16,27H2,1H3. The van der Waals surface area contributed by atoms with E-state index in [1.165, 1.54) is 57.8 Å². The molecule has 0 fully saturated rings. The van der Waals surface area contributed by atoms with Crippen molar-refractivity contribution in [3.05, 3.63) is 91.0 Å². The normalized spacial score (nSPS) is 11.7. The lowest BCUT2D eigenvalue weighted by Gasteiger charge is -2.15. The van der Waals surface area contributed by atoms with Crippen LogP contribution in [0.1, 0.15) is 71.1 Å². The summed E-state index contributed by atoms with van der Waals surface area (Å²) in [4.78, 5) is 0.170. The van der Waals surface area contributed by atoms with Crippen molar-refractivity contribution in [2.75, 3.05) is 16.6 Å². The van der Waals surface area contributed by atoms with Gasteiger partial charge in [0.1, 0.15) is 0 Å². The second kappa shape index (κ2) is 15.9. The molecule has 7 heteroatoms. The molecule has 216 valence electrons. The van der Waals surface area contributed by atoms with Crippen molar-refractivity contribution < 1.29 is 8.42 Å². The van der Waals surface area contributed by atoms with Crippen LogP contribution in [0.5, 0.6) is 0 Å². The number of azo groups is 1. The Hall–Kier alpha value is -3.71. The molecule has 4 aromatic rings. The maximum Gasteiger partial charge on any atom is 0.261 e. The van der Waals surface area contributed by atoms with Crippen LogP contribution in [0.25, 0.3) is 10.8 Å². The molecular weight excluding hydrogens is 528 g/mol. The van der Waals surface area contributed by atoms with E-state index in [1.54, 1.807) is 24.3 Å². The van der Waals surface area contributed by atoms with Gasteiger partial charge in [-0.15, -0.1) is 0 Å². The first kappa shape index (κ1) is 30.3. The topological polar surface area (TPSA) is 82.9 Å². The molecule has 4 aromatic carbocycles. The summed E-state index contributed by atoms with van der Waals surface area (Å²) in [7, 11) is -3.78. The summed E-state index contributed by atoms with van der Waals surface area (Å²) in [6.07, 6.45) is 13.1. The van der Waals surface area contributed by atoms with Crippen molar-refractivity contribution in [2.45, 2.75) is 76.0 Å². The van der Waals surface area contributed by atoms with Gasteiger partial charge in [-0.25, -0.2) is 8.42 Å². The number of hydrogen-bond acceptors (Lipinski definition) is 5. The van der Waals surface area contributed by atoms with E-state index in [0.29, 0.717) is 11.4 Å². The summed E-state index contributed by atoms with van der Waals surface area (Å²) in [5.74, 6) is 0. The van der Waals surface area contributed by atoms with Crippen LogP contribution in [0.2, 0.25) is 0 Å². The molecule has 0 aliphatic heterocycles. The molecule has 41 heavy (non-hydrogen) atoms. The molecule has 0 aliphatic carbocycles. The fourth-order valence-corrected chi connectivity index (χ4v) is 5.96. The Kier molecular flexibility index (Phi) is 11.7. The summed E-state index contributed by atoms with van der Waals surface area (Å²) in [6.45, 7) is 3.16. The molecule has 0 unspecified atom stereocenters. The first-order valence-electron chi connectivity index (χ1n) is 14.9. The zero-order valence-electron chi connectivity index (χ0n) is 24.1. The molecule has 6 nitrogen and oxygen atoms in total. The van der Waals surface area contributed by atoms with Crippen LogP contribution in [0.4, 0.5) is 22.7 Å². The molecule has 0 atom stereocenters. The van der Waals surface area contributed by atoms with Crippen LogP contribution in [-0.4, -0.2) is 15.0 Å². The Morgan fingerprint density at radius 2 is 1.07 bits per heavy atom. The third kappa shape index (κ3) is 9.42. The van der Waals surface area contributed by atoms with Crippen LogP contribution in [0, 0.1) is 0 Å². The van der Waals surface area contributed by atoms with Gasteiger partial charge in [-0.2, -0.15) is 10.2 Å². The number of hydrogen-bond donors (Lipinski definition) is 2. The fourth-order valence-electron chi connectivity index (χ4n) is 4.88. The SMILES string of the molecule is CCCCCCCCCCCCNc1ccc(NS(=O)(=O)c2ccc(N=Nc3ccccc3)cc2)c2ccccc12. The second-order valence-corrected chi connectivity index (χ2v) is 12.1. The highest BCUT2D eigenvalue weighted by atomic mass is 32.2. The van der Waals surface area contributed by atoms with Gasteiger partial charge in [0.2, 0.25) is 0 Å². The highest BCUT2D eigenvalue weighted by molar-refractivity contribution is 7.92. The Morgan fingerprint density at radius 3 is 1.71 bits per heavy atom. The molecule has 0 spiro atoms. The number of nitrogens with one attached hydrogen (secondary N) is 2. The predicted molar refractivity (Wildman–Crippen MR) is 172 cm³/mol. The van der Waals surface area contributed by atoms with Crippen molar-refractivity contribution >= 4 is 43.5 Å². The Morgan fingerprint density at radius 1 is 0.561 bits per heavy atom. The number of nitrogens with zero attached hydrogens (tertiary/aromatic N) is 2. The maximum absolute atomic E-state index is 13.2. The minimum absolute atomic E-state index is 0.170. The largest absolute Gasteiger partial charge is 0.385 e. The number of anilines is 2. The summed E-state index contributed by atoms with van der Waals surface area (Å²) < 4.78 is 29.2. The van der Waals surface area contributed by atoms with Gasteiger partial charge >= 0.3 is 0 Å². The molecule has 0 aromatic heterocycles. The highest BCUT2D eigenvalue weighted by Crippen LogP contribution is 2.32. The first-order valence-corrected chi connectivity index (χ1v) is 16.4. The molecule has 0 saturated heterocycles. The number of fused-ring (bicyclic) bond motifs is 1. The van der Waals surface area contributed by atoms with Gasteiger partial charge in [-0.05, 0) is 55.0 Å². The van der Waals surface area contributed by atoms with E-state index in [4.69, 9.17) is 0 Å². The molecular formula is C34H42N4O2S. The fraction of sp³-hybridized carbons (Fsp3) is 0.353. The highest BCUT2D eigenvalue weighted by Gasteiger charge is 2.16. The Labute approximate surface area is 245 Å². The van der Waals surface area contributed by atoms with E-state index >= 15 is 0 Å². The minimum Gasteiger partial charge on any atom is -0.385 e. The lowest BCUT2D eigenvalue weighted by molar-refractivity contribution is 0.560. The summed E-state index contributed by atoms with van der Waals surface area (Å²) in [5.41, 5.74) is 2.89. The van der Waals surface area contributed by atoms with Gasteiger partial charge in [0.25, 0.3) is 10.0 Å². The Bertz CT molecular complexity index is 1490. The van der Waals surface area contributed by atoms with Crippen LogP contribution >= 0.6 is 0 Å². The third-order valence-electron chi connectivity index (χ3n) is 7.20. The van der Waals surface area contributed by atoms with Crippen molar-refractivity contribution in [1.29, 1.82) is 0 Å². The van der Waals surface area contributed by atoms with E-state index < -0.39 is 10.0 Å². The van der Waals surface area contributed by atoms with Crippen LogP contribution in [0.3, 0.4) is 0 Å². The molecule has 0 bridgehead atoms. The molecule has 0 amide bonds. The number of rotatable bonds is 17. The number of sulfonamides is 1. The third-order valence-corrected chi connectivity index (χ3v) is 8.58. The predicted octanol–water partition coefficient (Wildman–Crippen LogP) is 10.4. The van der Waals surface area contributed by atoms with Crippen molar-refractivity contribution in [2.24, 2.45) is 10.2 Å². The molecule has 0 heterocycles. The first-order chi connectivity index (χ1) is 20.1. The van der Waals surface area contributed by atoms with Gasteiger partial charge in [0, 0.05) is 23.0 Å². The summed E-state index contributed by atoms with van der Waals surface area (Å²) in [6, 6.07) is 27.5. The van der Waals surface area contributed by atoms with E-state index in [0.717, 1.165) is 35.1 Å². The zero-order chi connectivity index (χ0) is 28.8. The van der Waals surface area contributed by atoms with E-state index in [1.807, 2.05) is 66.7 Å². The lowest BCUT2D eigenvalue weighted by atomic mass is 10.1. The van der Waals surface area contributed by atoms with Crippen LogP contribution < -0.4 is 10.0 Å². The van der Waals surface area contributed by atoms with E-state index in [-0.39, 0.29) is 4.90 Å². The van der Waals surface area contributed by atoms with Gasteiger partial charge in [0.05, 0.1) is 22.0 Å². The van der Waals surface area contributed by atoms with Gasteiger partial charge in [-0.1, -0.05) is 107 Å². The smallest absolute Gasteiger partial charge is 0.261 e. The molecule has 0 saturated carbocycles. The van der Waals surface area contributed by atoms with Gasteiger partial charge in [-0.3, -0.25) is 4.72 Å². The average molecular weight is 571 g/mol. The second-order valence-electron chi connectivity index (χ2n) is 10.4. The maximum atomic E-state index is 13.2.